The molecule has 1 atom stereocenters. The van der Waals surface area contributed by atoms with Gasteiger partial charge < -0.3 is 19.9 Å². The van der Waals surface area contributed by atoms with E-state index in [1.54, 1.807) is 0 Å². The summed E-state index contributed by atoms with van der Waals surface area (Å²) in [5, 5.41) is 17.1. The lowest BCUT2D eigenvalue weighted by atomic mass is 9.83. The number of rotatable bonds is 2. The standard InChI is InChI=1S/C20H13BrN4O3/c21-12-3-1-2-10(6-12)16-13(8-22)19(23)28-20-17(16)18(24-25-20)11-4-5-14-15(7-11)27-9-26-14/h1-7,16H,9,23H2,(H,24,25)/t16-/m0/s1. The van der Waals surface area contributed by atoms with E-state index in [9.17, 15) is 5.26 Å². The molecule has 2 aliphatic heterocycles. The third-order valence-electron chi connectivity index (χ3n) is 4.78. The van der Waals surface area contributed by atoms with Gasteiger partial charge in [-0.1, -0.05) is 28.1 Å². The van der Waals surface area contributed by atoms with Crippen molar-refractivity contribution in [2.24, 2.45) is 5.73 Å². The number of nitriles is 1. The Hall–Kier alpha value is -3.44. The van der Waals surface area contributed by atoms with Crippen molar-refractivity contribution in [2.75, 3.05) is 6.79 Å². The molecule has 3 heterocycles. The lowest BCUT2D eigenvalue weighted by Gasteiger charge is -2.24. The van der Waals surface area contributed by atoms with E-state index in [0.717, 1.165) is 26.9 Å². The summed E-state index contributed by atoms with van der Waals surface area (Å²) in [4.78, 5) is 0. The molecule has 1 aromatic heterocycles. The minimum Gasteiger partial charge on any atom is -0.454 e. The molecule has 0 saturated heterocycles. The number of H-pyrrole nitrogens is 1. The number of hydrogen-bond acceptors (Lipinski definition) is 6. The van der Waals surface area contributed by atoms with Gasteiger partial charge in [0.25, 0.3) is 0 Å². The van der Waals surface area contributed by atoms with E-state index in [0.29, 0.717) is 23.0 Å². The highest BCUT2D eigenvalue weighted by molar-refractivity contribution is 9.10. The van der Waals surface area contributed by atoms with Crippen LogP contribution in [0.5, 0.6) is 17.4 Å². The third-order valence-corrected chi connectivity index (χ3v) is 5.28. The molecule has 2 aliphatic rings. The fraction of sp³-hybridized carbons (Fsp3) is 0.100. The molecule has 0 bridgehead atoms. The van der Waals surface area contributed by atoms with Gasteiger partial charge in [-0.3, -0.25) is 5.10 Å². The Morgan fingerprint density at radius 1 is 1.18 bits per heavy atom. The Bertz CT molecular complexity index is 1180. The maximum Gasteiger partial charge on any atom is 0.244 e. The molecule has 0 fully saturated rings. The van der Waals surface area contributed by atoms with Gasteiger partial charge in [0.05, 0.1) is 17.2 Å². The second-order valence-corrected chi connectivity index (χ2v) is 7.28. The highest BCUT2D eigenvalue weighted by atomic mass is 79.9. The summed E-state index contributed by atoms with van der Waals surface area (Å²) in [6, 6.07) is 15.6. The number of nitrogens with zero attached hydrogens (tertiary/aromatic N) is 2. The van der Waals surface area contributed by atoms with Crippen molar-refractivity contribution >= 4 is 15.9 Å². The Labute approximate surface area is 168 Å². The summed E-state index contributed by atoms with van der Waals surface area (Å²) in [6.45, 7) is 0.196. The van der Waals surface area contributed by atoms with E-state index in [2.05, 4.69) is 32.2 Å². The largest absolute Gasteiger partial charge is 0.454 e. The van der Waals surface area contributed by atoms with Crippen molar-refractivity contribution in [1.29, 1.82) is 5.26 Å². The van der Waals surface area contributed by atoms with E-state index in [1.807, 2.05) is 42.5 Å². The van der Waals surface area contributed by atoms with Crippen LogP contribution < -0.4 is 19.9 Å². The first-order valence-electron chi connectivity index (χ1n) is 8.47. The van der Waals surface area contributed by atoms with Gasteiger partial charge >= 0.3 is 0 Å². The first-order chi connectivity index (χ1) is 13.7. The molecule has 0 unspecified atom stereocenters. The molecule has 8 heteroatoms. The predicted octanol–water partition coefficient (Wildman–Crippen LogP) is 3.79. The maximum atomic E-state index is 9.77. The van der Waals surface area contributed by atoms with Crippen LogP contribution in [0.15, 0.2) is 58.4 Å². The van der Waals surface area contributed by atoms with Crippen LogP contribution in [0, 0.1) is 11.3 Å². The van der Waals surface area contributed by atoms with Crippen LogP contribution in [0.2, 0.25) is 0 Å². The van der Waals surface area contributed by atoms with Crippen molar-refractivity contribution in [2.45, 2.75) is 5.92 Å². The Kier molecular flexibility index (Phi) is 3.77. The molecule has 2 aromatic carbocycles. The number of benzene rings is 2. The molecule has 28 heavy (non-hydrogen) atoms. The van der Waals surface area contributed by atoms with E-state index >= 15 is 0 Å². The second kappa shape index (κ2) is 6.32. The summed E-state index contributed by atoms with van der Waals surface area (Å²) in [5.74, 6) is 1.36. The minimum absolute atomic E-state index is 0.0590. The molecule has 0 aliphatic carbocycles. The van der Waals surface area contributed by atoms with E-state index in [-0.39, 0.29) is 12.7 Å². The third kappa shape index (κ3) is 2.52. The second-order valence-electron chi connectivity index (χ2n) is 6.37. The Balaban J connectivity index is 1.71. The smallest absolute Gasteiger partial charge is 0.244 e. The fourth-order valence-electron chi connectivity index (χ4n) is 3.54. The quantitative estimate of drug-likeness (QED) is 0.632. The van der Waals surface area contributed by atoms with Crippen molar-refractivity contribution in [1.82, 2.24) is 10.2 Å². The number of aromatic nitrogens is 2. The van der Waals surface area contributed by atoms with Gasteiger partial charge in [-0.2, -0.15) is 5.26 Å². The molecule has 138 valence electrons. The number of halogens is 1. The van der Waals surface area contributed by atoms with Gasteiger partial charge in [-0.05, 0) is 35.9 Å². The molecule has 0 spiro atoms. The van der Waals surface area contributed by atoms with E-state index in [1.165, 1.54) is 0 Å². The number of aromatic amines is 1. The van der Waals surface area contributed by atoms with Crippen LogP contribution in [0.4, 0.5) is 0 Å². The van der Waals surface area contributed by atoms with E-state index in [4.69, 9.17) is 19.9 Å². The molecule has 3 N–H and O–H groups in total. The number of ether oxygens (including phenoxy) is 3. The molecule has 0 saturated carbocycles. The van der Waals surface area contributed by atoms with Gasteiger partial charge in [-0.25, -0.2) is 0 Å². The highest BCUT2D eigenvalue weighted by Gasteiger charge is 2.36. The molecule has 0 radical (unpaired) electrons. The molecule has 5 rings (SSSR count). The summed E-state index contributed by atoms with van der Waals surface area (Å²) in [7, 11) is 0. The van der Waals surface area contributed by atoms with Gasteiger partial charge in [0.1, 0.15) is 11.6 Å². The Morgan fingerprint density at radius 3 is 2.86 bits per heavy atom. The summed E-state index contributed by atoms with van der Waals surface area (Å²) >= 11 is 3.50. The summed E-state index contributed by atoms with van der Waals surface area (Å²) in [6.07, 6.45) is 0. The van der Waals surface area contributed by atoms with Gasteiger partial charge in [0.15, 0.2) is 11.5 Å². The lowest BCUT2D eigenvalue weighted by Crippen LogP contribution is -2.21. The lowest BCUT2D eigenvalue weighted by molar-refractivity contribution is 0.174. The zero-order chi connectivity index (χ0) is 19.3. The summed E-state index contributed by atoms with van der Waals surface area (Å²) in [5.41, 5.74) is 9.60. The maximum absolute atomic E-state index is 9.77. The van der Waals surface area contributed by atoms with Crippen LogP contribution in [0.25, 0.3) is 11.3 Å². The summed E-state index contributed by atoms with van der Waals surface area (Å²) < 4.78 is 17.4. The number of nitrogens with two attached hydrogens (primary N) is 1. The zero-order valence-electron chi connectivity index (χ0n) is 14.4. The van der Waals surface area contributed by atoms with Gasteiger partial charge in [-0.15, -0.1) is 5.10 Å². The number of fused-ring (bicyclic) bond motifs is 2. The van der Waals surface area contributed by atoms with Crippen LogP contribution in [-0.2, 0) is 0 Å². The number of hydrogen-bond donors (Lipinski definition) is 2. The Morgan fingerprint density at radius 2 is 2.04 bits per heavy atom. The first kappa shape index (κ1) is 16.7. The van der Waals surface area contributed by atoms with Crippen molar-refractivity contribution in [3.05, 3.63) is 69.5 Å². The van der Waals surface area contributed by atoms with Gasteiger partial charge in [0.2, 0.25) is 18.6 Å². The normalized spacial score (nSPS) is 17.1. The van der Waals surface area contributed by atoms with Crippen LogP contribution >= 0.6 is 15.9 Å². The highest BCUT2D eigenvalue weighted by Crippen LogP contribution is 2.47. The predicted molar refractivity (Wildman–Crippen MR) is 104 cm³/mol. The number of allylic oxidation sites excluding steroid dienone is 1. The average molecular weight is 437 g/mol. The van der Waals surface area contributed by atoms with Gasteiger partial charge in [0, 0.05) is 10.0 Å². The SMILES string of the molecule is N#CC1=C(N)Oc2n[nH]c(-c3ccc4c(c3)OCO4)c2[C@H]1c1cccc(Br)c1. The molecule has 7 nitrogen and oxygen atoms in total. The zero-order valence-corrected chi connectivity index (χ0v) is 16.0. The minimum atomic E-state index is -0.412. The monoisotopic (exact) mass is 436 g/mol. The topological polar surface area (TPSA) is 106 Å². The molecular formula is C20H13BrN4O3. The van der Waals surface area contributed by atoms with Crippen LogP contribution in [0.3, 0.4) is 0 Å². The number of nitrogens with one attached hydrogen (secondary N) is 1. The average Bonchev–Trinajstić information content (AvgIpc) is 3.32. The van der Waals surface area contributed by atoms with Crippen molar-refractivity contribution in [3.63, 3.8) is 0 Å². The van der Waals surface area contributed by atoms with Crippen LogP contribution in [0.1, 0.15) is 17.0 Å². The molecule has 0 amide bonds. The van der Waals surface area contributed by atoms with E-state index < -0.39 is 5.92 Å². The molecule has 3 aromatic rings. The van der Waals surface area contributed by atoms with Crippen molar-refractivity contribution < 1.29 is 14.2 Å². The first-order valence-corrected chi connectivity index (χ1v) is 9.26. The van der Waals surface area contributed by atoms with Crippen molar-refractivity contribution in [3.8, 4) is 34.7 Å². The fourth-order valence-corrected chi connectivity index (χ4v) is 3.95. The molecular weight excluding hydrogens is 424 g/mol. The van der Waals surface area contributed by atoms with Crippen LogP contribution in [-0.4, -0.2) is 17.0 Å².